The van der Waals surface area contributed by atoms with Gasteiger partial charge >= 0.3 is 0 Å². The van der Waals surface area contributed by atoms with Gasteiger partial charge in [-0.15, -0.1) is 0 Å². The summed E-state index contributed by atoms with van der Waals surface area (Å²) in [6, 6.07) is 13.1. The zero-order valence-electron chi connectivity index (χ0n) is 14.1. The van der Waals surface area contributed by atoms with Crippen LogP contribution in [0.25, 0.3) is 0 Å². The van der Waals surface area contributed by atoms with Crippen molar-refractivity contribution in [2.45, 2.75) is 26.0 Å². The van der Waals surface area contributed by atoms with E-state index in [9.17, 15) is 4.79 Å². The van der Waals surface area contributed by atoms with Gasteiger partial charge in [-0.25, -0.2) is 0 Å². The second kappa shape index (κ2) is 10.3. The van der Waals surface area contributed by atoms with E-state index < -0.39 is 0 Å². The molecule has 0 spiro atoms. The fourth-order valence-electron chi connectivity index (χ4n) is 2.32. The van der Waals surface area contributed by atoms with Crippen LogP contribution in [0.3, 0.4) is 0 Å². The van der Waals surface area contributed by atoms with Crippen molar-refractivity contribution >= 4 is 29.1 Å². The van der Waals surface area contributed by atoms with Crippen molar-refractivity contribution in [3.8, 4) is 5.75 Å². The summed E-state index contributed by atoms with van der Waals surface area (Å²) in [5, 5.41) is 3.76. The number of hydrogen-bond donors (Lipinski definition) is 1. The average molecular weight is 382 g/mol. The van der Waals surface area contributed by atoms with Crippen LogP contribution in [-0.2, 0) is 22.7 Å². The van der Waals surface area contributed by atoms with Gasteiger partial charge in [0.2, 0.25) is 5.91 Å². The molecule has 0 saturated carbocycles. The lowest BCUT2D eigenvalue weighted by Crippen LogP contribution is -2.23. The number of hydrogen-bond acceptors (Lipinski definition) is 3. The highest BCUT2D eigenvalue weighted by molar-refractivity contribution is 6.42. The first-order chi connectivity index (χ1) is 12.1. The Balaban J connectivity index is 1.72. The van der Waals surface area contributed by atoms with Gasteiger partial charge in [-0.2, -0.15) is 0 Å². The summed E-state index contributed by atoms with van der Waals surface area (Å²) < 4.78 is 10.7. The van der Waals surface area contributed by atoms with Crippen LogP contribution < -0.4 is 10.1 Å². The van der Waals surface area contributed by atoms with Gasteiger partial charge in [-0.1, -0.05) is 53.5 Å². The van der Waals surface area contributed by atoms with Crippen molar-refractivity contribution < 1.29 is 14.3 Å². The van der Waals surface area contributed by atoms with E-state index in [2.05, 4.69) is 5.32 Å². The summed E-state index contributed by atoms with van der Waals surface area (Å²) in [7, 11) is 1.65. The van der Waals surface area contributed by atoms with Crippen molar-refractivity contribution in [3.05, 3.63) is 63.6 Å². The highest BCUT2D eigenvalue weighted by Crippen LogP contribution is 2.31. The fourth-order valence-corrected chi connectivity index (χ4v) is 2.67. The van der Waals surface area contributed by atoms with Crippen molar-refractivity contribution in [1.82, 2.24) is 5.32 Å². The molecule has 0 bridgehead atoms. The largest absolute Gasteiger partial charge is 0.492 e. The lowest BCUT2D eigenvalue weighted by Gasteiger charge is -2.11. The molecule has 0 aliphatic carbocycles. The topological polar surface area (TPSA) is 47.6 Å². The number of nitrogens with one attached hydrogen (secondary N) is 1. The molecule has 0 aliphatic rings. The van der Waals surface area contributed by atoms with Crippen molar-refractivity contribution in [2.24, 2.45) is 0 Å². The van der Waals surface area contributed by atoms with Crippen molar-refractivity contribution in [1.29, 1.82) is 0 Å². The Kier molecular flexibility index (Phi) is 8.06. The van der Waals surface area contributed by atoms with Gasteiger partial charge in [0.1, 0.15) is 10.8 Å². The van der Waals surface area contributed by atoms with Gasteiger partial charge < -0.3 is 14.8 Å². The monoisotopic (exact) mass is 381 g/mol. The quantitative estimate of drug-likeness (QED) is 0.644. The van der Waals surface area contributed by atoms with Crippen LogP contribution in [0.2, 0.25) is 10.0 Å². The predicted octanol–water partition coefficient (Wildman–Crippen LogP) is 4.62. The molecular weight excluding hydrogens is 361 g/mol. The Labute approximate surface area is 158 Å². The van der Waals surface area contributed by atoms with E-state index in [-0.39, 0.29) is 5.91 Å². The molecule has 4 nitrogen and oxygen atoms in total. The Hall–Kier alpha value is -1.75. The van der Waals surface area contributed by atoms with Gasteiger partial charge in [-0.3, -0.25) is 4.79 Å². The first-order valence-electron chi connectivity index (χ1n) is 8.01. The zero-order chi connectivity index (χ0) is 18.1. The number of amides is 1. The van der Waals surface area contributed by atoms with Crippen molar-refractivity contribution in [3.63, 3.8) is 0 Å². The lowest BCUT2D eigenvalue weighted by atomic mass is 10.1. The van der Waals surface area contributed by atoms with Crippen LogP contribution in [0.1, 0.15) is 24.0 Å². The Morgan fingerprint density at radius 1 is 1.08 bits per heavy atom. The SMILES string of the molecule is COCc1ccccc1CNC(=O)CCCOc1cccc(Cl)c1Cl. The summed E-state index contributed by atoms with van der Waals surface area (Å²) in [5.74, 6) is 0.510. The maximum Gasteiger partial charge on any atom is 0.220 e. The Bertz CT molecular complexity index is 707. The molecule has 0 saturated heterocycles. The van der Waals surface area contributed by atoms with E-state index in [1.807, 2.05) is 24.3 Å². The molecule has 1 amide bonds. The summed E-state index contributed by atoms with van der Waals surface area (Å²) in [5.41, 5.74) is 2.13. The third-order valence-electron chi connectivity index (χ3n) is 3.62. The van der Waals surface area contributed by atoms with Crippen LogP contribution in [0, 0.1) is 0 Å². The van der Waals surface area contributed by atoms with Crippen LogP contribution in [0.4, 0.5) is 0 Å². The molecule has 2 aromatic rings. The van der Waals surface area contributed by atoms with Gasteiger partial charge in [-0.05, 0) is 29.7 Å². The van der Waals surface area contributed by atoms with Crippen LogP contribution in [-0.4, -0.2) is 19.6 Å². The predicted molar refractivity (Wildman–Crippen MR) is 100 cm³/mol. The Morgan fingerprint density at radius 2 is 1.84 bits per heavy atom. The number of benzene rings is 2. The zero-order valence-corrected chi connectivity index (χ0v) is 15.6. The van der Waals surface area contributed by atoms with Gasteiger partial charge in [0, 0.05) is 20.1 Å². The maximum atomic E-state index is 12.0. The molecule has 134 valence electrons. The molecule has 0 fully saturated rings. The summed E-state index contributed by atoms with van der Waals surface area (Å²) in [6.45, 7) is 1.41. The normalized spacial score (nSPS) is 10.5. The lowest BCUT2D eigenvalue weighted by molar-refractivity contribution is -0.121. The van der Waals surface area contributed by atoms with Crippen LogP contribution in [0.5, 0.6) is 5.75 Å². The first-order valence-corrected chi connectivity index (χ1v) is 8.76. The molecular formula is C19H21Cl2NO3. The summed E-state index contributed by atoms with van der Waals surface area (Å²) in [4.78, 5) is 12.0. The van der Waals surface area contributed by atoms with E-state index in [4.69, 9.17) is 32.7 Å². The molecule has 0 atom stereocenters. The van der Waals surface area contributed by atoms with Gasteiger partial charge in [0.25, 0.3) is 0 Å². The molecule has 0 radical (unpaired) electrons. The van der Waals surface area contributed by atoms with Gasteiger partial charge in [0.15, 0.2) is 0 Å². The summed E-state index contributed by atoms with van der Waals surface area (Å²) >= 11 is 12.0. The average Bonchev–Trinajstić information content (AvgIpc) is 2.61. The van der Waals surface area contributed by atoms with E-state index >= 15 is 0 Å². The van der Waals surface area contributed by atoms with E-state index in [1.54, 1.807) is 25.3 Å². The number of ether oxygens (including phenoxy) is 2. The van der Waals surface area contributed by atoms with Gasteiger partial charge in [0.05, 0.1) is 18.2 Å². The molecule has 0 aliphatic heterocycles. The minimum Gasteiger partial charge on any atom is -0.492 e. The first kappa shape index (κ1) is 19.6. The Morgan fingerprint density at radius 3 is 2.60 bits per heavy atom. The molecule has 0 unspecified atom stereocenters. The maximum absolute atomic E-state index is 12.0. The molecule has 25 heavy (non-hydrogen) atoms. The molecule has 6 heteroatoms. The number of carbonyl (C=O) groups excluding carboxylic acids is 1. The molecule has 2 aromatic carbocycles. The number of carbonyl (C=O) groups is 1. The summed E-state index contributed by atoms with van der Waals surface area (Å²) in [6.07, 6.45) is 0.971. The van der Waals surface area contributed by atoms with Crippen LogP contribution in [0.15, 0.2) is 42.5 Å². The van der Waals surface area contributed by atoms with Crippen molar-refractivity contribution in [2.75, 3.05) is 13.7 Å². The molecule has 2 rings (SSSR count). The van der Waals surface area contributed by atoms with E-state index in [0.717, 1.165) is 11.1 Å². The van der Waals surface area contributed by atoms with Crippen LogP contribution >= 0.6 is 23.2 Å². The third-order valence-corrected chi connectivity index (χ3v) is 4.42. The second-order valence-corrected chi connectivity index (χ2v) is 6.27. The number of halogens is 2. The minimum atomic E-state index is -0.0204. The second-order valence-electron chi connectivity index (χ2n) is 5.48. The molecule has 0 heterocycles. The smallest absolute Gasteiger partial charge is 0.220 e. The minimum absolute atomic E-state index is 0.0204. The molecule has 1 N–H and O–H groups in total. The van der Waals surface area contributed by atoms with E-state index in [1.165, 1.54) is 0 Å². The van der Waals surface area contributed by atoms with E-state index in [0.29, 0.717) is 48.4 Å². The third kappa shape index (κ3) is 6.24. The fraction of sp³-hybridized carbons (Fsp3) is 0.316. The molecule has 0 aromatic heterocycles. The highest BCUT2D eigenvalue weighted by atomic mass is 35.5. The number of rotatable bonds is 9. The standard InChI is InChI=1S/C19H21Cl2NO3/c1-24-13-15-7-3-2-6-14(15)12-22-18(23)10-5-11-25-17-9-4-8-16(20)19(17)21/h2-4,6-9H,5,10-13H2,1H3,(H,22,23). The number of methoxy groups -OCH3 is 1. The highest BCUT2D eigenvalue weighted by Gasteiger charge is 2.07.